The van der Waals surface area contributed by atoms with Crippen LogP contribution in [0.15, 0.2) is 24.3 Å². The summed E-state index contributed by atoms with van der Waals surface area (Å²) >= 11 is 0. The van der Waals surface area contributed by atoms with E-state index in [1.807, 2.05) is 0 Å². The zero-order valence-corrected chi connectivity index (χ0v) is 9.37. The summed E-state index contributed by atoms with van der Waals surface area (Å²) in [7, 11) is 0. The Morgan fingerprint density at radius 3 is 1.56 bits per heavy atom. The molecule has 0 amide bonds. The summed E-state index contributed by atoms with van der Waals surface area (Å²) in [6, 6.07) is 0. The van der Waals surface area contributed by atoms with E-state index in [-0.39, 0.29) is 0 Å². The van der Waals surface area contributed by atoms with Gasteiger partial charge in [0.25, 0.3) is 0 Å². The van der Waals surface area contributed by atoms with Gasteiger partial charge in [-0.1, -0.05) is 25.0 Å². The molecule has 0 unspecified atom stereocenters. The van der Waals surface area contributed by atoms with Crippen LogP contribution in [0.2, 0.25) is 0 Å². The summed E-state index contributed by atoms with van der Waals surface area (Å²) in [4.78, 5) is 20.6. The molecule has 0 N–H and O–H groups in total. The van der Waals surface area contributed by atoms with Crippen LogP contribution < -0.4 is 0 Å². The number of rotatable bonds is 0. The van der Waals surface area contributed by atoms with Crippen molar-refractivity contribution < 1.29 is 9.59 Å². The first-order chi connectivity index (χ1) is 7.80. The highest BCUT2D eigenvalue weighted by molar-refractivity contribution is 6.46. The van der Waals surface area contributed by atoms with Gasteiger partial charge >= 0.3 is 0 Å². The Morgan fingerprint density at radius 1 is 0.750 bits per heavy atom. The standard InChI is InChI=1S/C8H12.C6H4O2/c1-2-4-6-8-7-5-3-1;7-5-3-1-2-4-6(5)8/h1-6H2;1-4H. The maximum absolute atomic E-state index is 10.3. The largest absolute Gasteiger partial charge is 0.286 e. The van der Waals surface area contributed by atoms with Crippen molar-refractivity contribution in [1.29, 1.82) is 0 Å². The number of carbonyl (C=O) groups excluding carboxylic acids is 2. The Morgan fingerprint density at radius 2 is 1.19 bits per heavy atom. The van der Waals surface area contributed by atoms with Crippen molar-refractivity contribution in [1.82, 2.24) is 0 Å². The van der Waals surface area contributed by atoms with E-state index in [4.69, 9.17) is 0 Å². The monoisotopic (exact) mass is 216 g/mol. The Kier molecular flexibility index (Phi) is 5.95. The maximum atomic E-state index is 10.3. The highest BCUT2D eigenvalue weighted by Crippen LogP contribution is 2.06. The van der Waals surface area contributed by atoms with Crippen LogP contribution in [0.5, 0.6) is 0 Å². The Bertz CT molecular complexity index is 330. The summed E-state index contributed by atoms with van der Waals surface area (Å²) in [5, 5.41) is 0. The number of hydrogen-bond donors (Lipinski definition) is 0. The van der Waals surface area contributed by atoms with E-state index in [0.29, 0.717) is 0 Å². The first-order valence-corrected chi connectivity index (χ1v) is 5.69. The van der Waals surface area contributed by atoms with Crippen molar-refractivity contribution in [3.63, 3.8) is 0 Å². The number of carbonyl (C=O) groups is 2. The number of hydrogen-bond acceptors (Lipinski definition) is 2. The molecule has 2 aliphatic carbocycles. The van der Waals surface area contributed by atoms with Gasteiger partial charge < -0.3 is 0 Å². The van der Waals surface area contributed by atoms with Gasteiger partial charge in [0.05, 0.1) is 0 Å². The third kappa shape index (κ3) is 5.31. The summed E-state index contributed by atoms with van der Waals surface area (Å²) in [6.07, 6.45) is 13.3. The first-order valence-electron chi connectivity index (χ1n) is 5.69. The molecule has 0 saturated heterocycles. The van der Waals surface area contributed by atoms with Gasteiger partial charge in [-0.05, 0) is 25.0 Å². The zero-order chi connectivity index (χ0) is 11.6. The quantitative estimate of drug-likeness (QED) is 0.354. The van der Waals surface area contributed by atoms with E-state index in [2.05, 4.69) is 11.8 Å². The lowest BCUT2D eigenvalue weighted by Gasteiger charge is -1.97. The maximum Gasteiger partial charge on any atom is 0.225 e. The van der Waals surface area contributed by atoms with E-state index >= 15 is 0 Å². The van der Waals surface area contributed by atoms with Crippen molar-refractivity contribution in [2.75, 3.05) is 0 Å². The molecule has 2 heteroatoms. The van der Waals surface area contributed by atoms with Crippen molar-refractivity contribution in [3.8, 4) is 11.8 Å². The average molecular weight is 216 g/mol. The average Bonchev–Trinajstić information content (AvgIpc) is 2.22. The smallest absolute Gasteiger partial charge is 0.225 e. The molecule has 0 atom stereocenters. The molecular formula is C14H16O2. The van der Waals surface area contributed by atoms with Gasteiger partial charge in [0.1, 0.15) is 0 Å². The van der Waals surface area contributed by atoms with E-state index in [9.17, 15) is 9.59 Å². The van der Waals surface area contributed by atoms with Gasteiger partial charge in [-0.2, -0.15) is 0 Å². The fourth-order valence-electron chi connectivity index (χ4n) is 1.41. The van der Waals surface area contributed by atoms with Gasteiger partial charge in [-0.3, -0.25) is 9.59 Å². The van der Waals surface area contributed by atoms with E-state index < -0.39 is 11.6 Å². The molecule has 0 aromatic heterocycles. The molecule has 0 heterocycles. The fourth-order valence-corrected chi connectivity index (χ4v) is 1.41. The molecule has 0 aromatic rings. The minimum atomic E-state index is -0.437. The first kappa shape index (κ1) is 12.4. The third-order valence-electron chi connectivity index (χ3n) is 2.33. The predicted molar refractivity (Wildman–Crippen MR) is 63.8 cm³/mol. The third-order valence-corrected chi connectivity index (χ3v) is 2.33. The van der Waals surface area contributed by atoms with E-state index in [1.165, 1.54) is 37.8 Å². The summed E-state index contributed by atoms with van der Waals surface area (Å²) < 4.78 is 0. The highest BCUT2D eigenvalue weighted by atomic mass is 16.2. The highest BCUT2D eigenvalue weighted by Gasteiger charge is 2.06. The second-order valence-electron chi connectivity index (χ2n) is 3.71. The van der Waals surface area contributed by atoms with E-state index in [1.54, 1.807) is 12.2 Å². The van der Waals surface area contributed by atoms with Crippen LogP contribution in [-0.2, 0) is 9.59 Å². The molecule has 0 spiro atoms. The molecular weight excluding hydrogens is 200 g/mol. The predicted octanol–water partition coefficient (Wildman–Crippen LogP) is 2.59. The molecule has 0 radical (unpaired) electrons. The normalized spacial score (nSPS) is 18.8. The van der Waals surface area contributed by atoms with Crippen LogP contribution in [0.4, 0.5) is 0 Å². The molecule has 0 bridgehead atoms. The minimum absolute atomic E-state index is 0.437. The lowest BCUT2D eigenvalue weighted by atomic mass is 10.1. The van der Waals surface area contributed by atoms with Crippen LogP contribution in [0.3, 0.4) is 0 Å². The van der Waals surface area contributed by atoms with Crippen LogP contribution in [0.25, 0.3) is 0 Å². The minimum Gasteiger partial charge on any atom is -0.286 e. The number of ketones is 2. The zero-order valence-electron chi connectivity index (χ0n) is 9.37. The van der Waals surface area contributed by atoms with Gasteiger partial charge in [-0.25, -0.2) is 0 Å². The van der Waals surface area contributed by atoms with Crippen molar-refractivity contribution in [3.05, 3.63) is 24.3 Å². The molecule has 0 saturated carbocycles. The van der Waals surface area contributed by atoms with Gasteiger partial charge in [0.15, 0.2) is 0 Å². The fraction of sp³-hybridized carbons (Fsp3) is 0.429. The lowest BCUT2D eigenvalue weighted by Crippen LogP contribution is -2.08. The van der Waals surface area contributed by atoms with Crippen molar-refractivity contribution in [2.24, 2.45) is 0 Å². The molecule has 2 aliphatic rings. The topological polar surface area (TPSA) is 34.1 Å². The molecule has 2 rings (SSSR count). The second kappa shape index (κ2) is 7.64. The molecule has 0 fully saturated rings. The van der Waals surface area contributed by atoms with Crippen molar-refractivity contribution in [2.45, 2.75) is 38.5 Å². The van der Waals surface area contributed by atoms with Gasteiger partial charge in [0, 0.05) is 12.8 Å². The number of allylic oxidation sites excluding steroid dienone is 4. The SMILES string of the molecule is C1#CCCCCCC1.O=C1C=CC=CC1=O. The lowest BCUT2D eigenvalue weighted by molar-refractivity contribution is -0.131. The summed E-state index contributed by atoms with van der Waals surface area (Å²) in [6.45, 7) is 0. The van der Waals surface area contributed by atoms with Crippen LogP contribution in [0, 0.1) is 11.8 Å². The molecule has 84 valence electrons. The van der Waals surface area contributed by atoms with E-state index in [0.717, 1.165) is 12.8 Å². The van der Waals surface area contributed by atoms with Crippen LogP contribution in [0.1, 0.15) is 38.5 Å². The van der Waals surface area contributed by atoms with Gasteiger partial charge in [0.2, 0.25) is 11.6 Å². The summed E-state index contributed by atoms with van der Waals surface area (Å²) in [5.74, 6) is 5.40. The molecule has 0 aliphatic heterocycles. The Balaban J connectivity index is 0.000000160. The van der Waals surface area contributed by atoms with Crippen LogP contribution >= 0.6 is 0 Å². The van der Waals surface area contributed by atoms with Gasteiger partial charge in [-0.15, -0.1) is 11.8 Å². The second-order valence-corrected chi connectivity index (χ2v) is 3.71. The summed E-state index contributed by atoms with van der Waals surface area (Å²) in [5.41, 5.74) is 0. The Hall–Kier alpha value is -1.62. The Labute approximate surface area is 96.4 Å². The molecule has 0 aromatic carbocycles. The van der Waals surface area contributed by atoms with Crippen LogP contribution in [-0.4, -0.2) is 11.6 Å². The molecule has 2 nitrogen and oxygen atoms in total. The van der Waals surface area contributed by atoms with Crippen molar-refractivity contribution >= 4 is 11.6 Å². The molecule has 16 heavy (non-hydrogen) atoms.